The summed E-state index contributed by atoms with van der Waals surface area (Å²) in [5, 5.41) is 9.97. The summed E-state index contributed by atoms with van der Waals surface area (Å²) in [5.74, 6) is 0.143. The Bertz CT molecular complexity index is 488. The highest BCUT2D eigenvalue weighted by atomic mass is 16.7. The van der Waals surface area contributed by atoms with E-state index in [9.17, 15) is 5.11 Å². The van der Waals surface area contributed by atoms with Gasteiger partial charge in [-0.1, -0.05) is 0 Å². The van der Waals surface area contributed by atoms with Crippen molar-refractivity contribution in [3.63, 3.8) is 0 Å². The molecule has 1 atom stereocenters. The highest BCUT2D eigenvalue weighted by Crippen LogP contribution is 2.41. The molecule has 1 fully saturated rings. The first kappa shape index (κ1) is 15.2. The Kier molecular flexibility index (Phi) is 3.75. The van der Waals surface area contributed by atoms with E-state index in [0.29, 0.717) is 11.3 Å². The van der Waals surface area contributed by atoms with E-state index >= 15 is 0 Å². The summed E-state index contributed by atoms with van der Waals surface area (Å²) in [6, 6.07) is 4.93. The second kappa shape index (κ2) is 4.95. The van der Waals surface area contributed by atoms with Gasteiger partial charge in [0.15, 0.2) is 0 Å². The molecule has 6 heteroatoms. The second-order valence-corrected chi connectivity index (χ2v) is 6.08. The number of phenols is 1. The SMILES string of the molecule is COc1ccc(O)c([C@H](N)B2OC(C)(C)C(C)(C)O2)c1. The average Bonchev–Trinajstić information content (AvgIpc) is 2.58. The van der Waals surface area contributed by atoms with E-state index < -0.39 is 24.3 Å². The fourth-order valence-electron chi connectivity index (χ4n) is 2.11. The van der Waals surface area contributed by atoms with Crippen molar-refractivity contribution in [1.82, 2.24) is 0 Å². The van der Waals surface area contributed by atoms with Crippen LogP contribution in [0.5, 0.6) is 11.5 Å². The normalized spacial score (nSPS) is 21.8. The number of aromatic hydroxyl groups is 1. The number of hydrogen-bond donors (Lipinski definition) is 2. The number of benzene rings is 1. The lowest BCUT2D eigenvalue weighted by atomic mass is 9.74. The van der Waals surface area contributed by atoms with Crippen LogP contribution in [0.15, 0.2) is 18.2 Å². The summed E-state index contributed by atoms with van der Waals surface area (Å²) in [4.78, 5) is 0. The van der Waals surface area contributed by atoms with Gasteiger partial charge in [0.1, 0.15) is 11.5 Å². The highest BCUT2D eigenvalue weighted by molar-refractivity contribution is 6.47. The molecule has 0 bridgehead atoms. The molecule has 1 aliphatic rings. The van der Waals surface area contributed by atoms with Crippen LogP contribution in [0.4, 0.5) is 0 Å². The summed E-state index contributed by atoms with van der Waals surface area (Å²) in [6.45, 7) is 7.85. The van der Waals surface area contributed by atoms with Gasteiger partial charge >= 0.3 is 7.12 Å². The van der Waals surface area contributed by atoms with Gasteiger partial charge in [-0.3, -0.25) is 0 Å². The third-order valence-electron chi connectivity index (χ3n) is 4.16. The van der Waals surface area contributed by atoms with Crippen molar-refractivity contribution >= 4 is 7.12 Å². The van der Waals surface area contributed by atoms with Gasteiger partial charge in [-0.05, 0) is 45.9 Å². The van der Waals surface area contributed by atoms with Gasteiger partial charge in [-0.25, -0.2) is 0 Å². The van der Waals surface area contributed by atoms with E-state index in [-0.39, 0.29) is 5.75 Å². The predicted octanol–water partition coefficient (Wildman–Crippen LogP) is 2.03. The molecule has 1 aromatic rings. The molecule has 0 aromatic heterocycles. The highest BCUT2D eigenvalue weighted by Gasteiger charge is 2.53. The first-order valence-electron chi connectivity index (χ1n) is 6.66. The summed E-state index contributed by atoms with van der Waals surface area (Å²) in [6.07, 6.45) is 0. The van der Waals surface area contributed by atoms with Crippen molar-refractivity contribution < 1.29 is 19.2 Å². The van der Waals surface area contributed by atoms with Crippen LogP contribution < -0.4 is 10.5 Å². The molecule has 5 nitrogen and oxygen atoms in total. The maximum atomic E-state index is 9.97. The van der Waals surface area contributed by atoms with E-state index in [4.69, 9.17) is 19.8 Å². The van der Waals surface area contributed by atoms with E-state index in [1.807, 2.05) is 27.7 Å². The topological polar surface area (TPSA) is 73.9 Å². The first-order valence-corrected chi connectivity index (χ1v) is 6.66. The van der Waals surface area contributed by atoms with E-state index in [0.717, 1.165) is 0 Å². The molecular formula is C14H22BNO4. The fraction of sp³-hybridized carbons (Fsp3) is 0.571. The van der Waals surface area contributed by atoms with E-state index in [2.05, 4.69) is 0 Å². The molecule has 0 amide bonds. The monoisotopic (exact) mass is 279 g/mol. The molecule has 110 valence electrons. The summed E-state index contributed by atoms with van der Waals surface area (Å²) in [5.41, 5.74) is 5.84. The Labute approximate surface area is 120 Å². The third-order valence-corrected chi connectivity index (χ3v) is 4.16. The van der Waals surface area contributed by atoms with Crippen LogP contribution in [-0.2, 0) is 9.31 Å². The molecule has 1 heterocycles. The smallest absolute Gasteiger partial charge is 0.480 e. The lowest BCUT2D eigenvalue weighted by molar-refractivity contribution is 0.00578. The van der Waals surface area contributed by atoms with Gasteiger partial charge in [0, 0.05) is 5.56 Å². The minimum Gasteiger partial charge on any atom is -0.508 e. The number of hydrogen-bond acceptors (Lipinski definition) is 5. The fourth-order valence-corrected chi connectivity index (χ4v) is 2.11. The first-order chi connectivity index (χ1) is 9.18. The Morgan fingerprint density at radius 3 is 2.25 bits per heavy atom. The van der Waals surface area contributed by atoms with Crippen LogP contribution in [0.1, 0.15) is 39.2 Å². The average molecular weight is 279 g/mol. The van der Waals surface area contributed by atoms with Crippen molar-refractivity contribution in [2.24, 2.45) is 5.73 Å². The van der Waals surface area contributed by atoms with Crippen LogP contribution in [0.3, 0.4) is 0 Å². The maximum absolute atomic E-state index is 9.97. The number of ether oxygens (including phenoxy) is 1. The van der Waals surface area contributed by atoms with E-state index in [1.165, 1.54) is 0 Å². The molecule has 1 aliphatic heterocycles. The summed E-state index contributed by atoms with van der Waals surface area (Å²) in [7, 11) is 0.953. The van der Waals surface area contributed by atoms with Gasteiger partial charge in [0.2, 0.25) is 0 Å². The minimum atomic E-state index is -0.613. The second-order valence-electron chi connectivity index (χ2n) is 6.08. The summed E-state index contributed by atoms with van der Waals surface area (Å²) >= 11 is 0. The van der Waals surface area contributed by atoms with Crippen molar-refractivity contribution in [3.8, 4) is 11.5 Å². The van der Waals surface area contributed by atoms with Crippen LogP contribution in [-0.4, -0.2) is 30.5 Å². The molecule has 3 N–H and O–H groups in total. The zero-order chi connectivity index (χ0) is 15.1. The Morgan fingerprint density at radius 2 is 1.75 bits per heavy atom. The molecule has 0 unspecified atom stereocenters. The van der Waals surface area contributed by atoms with Gasteiger partial charge in [-0.2, -0.15) is 0 Å². The van der Waals surface area contributed by atoms with Crippen molar-refractivity contribution in [2.75, 3.05) is 7.11 Å². The molecule has 1 saturated heterocycles. The van der Waals surface area contributed by atoms with Crippen molar-refractivity contribution in [3.05, 3.63) is 23.8 Å². The molecule has 2 rings (SSSR count). The van der Waals surface area contributed by atoms with Gasteiger partial charge in [0.25, 0.3) is 0 Å². The number of rotatable bonds is 3. The Morgan fingerprint density at radius 1 is 1.20 bits per heavy atom. The standard InChI is InChI=1S/C14H22BNO4/c1-13(2)14(3,4)20-15(19-13)12(16)10-8-9(18-5)6-7-11(10)17/h6-8,12,17H,16H2,1-5H3/t12-/m0/s1. The maximum Gasteiger partial charge on any atom is 0.480 e. The van der Waals surface area contributed by atoms with E-state index in [1.54, 1.807) is 25.3 Å². The van der Waals surface area contributed by atoms with Crippen molar-refractivity contribution in [2.45, 2.75) is 44.8 Å². The van der Waals surface area contributed by atoms with Gasteiger partial charge < -0.3 is 24.9 Å². The number of nitrogens with two attached hydrogens (primary N) is 1. The molecule has 20 heavy (non-hydrogen) atoms. The molecular weight excluding hydrogens is 257 g/mol. The number of phenolic OH excluding ortho intramolecular Hbond substituents is 1. The minimum absolute atomic E-state index is 0.105. The predicted molar refractivity (Wildman–Crippen MR) is 77.7 cm³/mol. The Hall–Kier alpha value is -1.24. The van der Waals surface area contributed by atoms with Crippen LogP contribution in [0.25, 0.3) is 0 Å². The van der Waals surface area contributed by atoms with Gasteiger partial charge in [-0.15, -0.1) is 0 Å². The third kappa shape index (κ3) is 2.51. The molecule has 1 aromatic carbocycles. The van der Waals surface area contributed by atoms with Gasteiger partial charge in [0.05, 0.1) is 24.3 Å². The zero-order valence-corrected chi connectivity index (χ0v) is 12.6. The molecule has 0 aliphatic carbocycles. The Balaban J connectivity index is 2.27. The molecule has 0 spiro atoms. The molecule has 0 saturated carbocycles. The quantitative estimate of drug-likeness (QED) is 0.828. The lowest BCUT2D eigenvalue weighted by Gasteiger charge is -2.32. The largest absolute Gasteiger partial charge is 0.508 e. The van der Waals surface area contributed by atoms with Crippen LogP contribution in [0, 0.1) is 0 Å². The van der Waals surface area contributed by atoms with Crippen LogP contribution >= 0.6 is 0 Å². The molecule has 0 radical (unpaired) electrons. The number of methoxy groups -OCH3 is 1. The zero-order valence-electron chi connectivity index (χ0n) is 12.6. The summed E-state index contributed by atoms with van der Waals surface area (Å²) < 4.78 is 17.0. The van der Waals surface area contributed by atoms with Crippen molar-refractivity contribution in [1.29, 1.82) is 0 Å². The van der Waals surface area contributed by atoms with Crippen LogP contribution in [0.2, 0.25) is 0 Å². The lowest BCUT2D eigenvalue weighted by Crippen LogP contribution is -2.41.